The highest BCUT2D eigenvalue weighted by atomic mass is 79.9. The molecule has 2 aromatic rings. The van der Waals surface area contributed by atoms with Crippen molar-refractivity contribution < 1.29 is 13.9 Å². The number of nitrogens with one attached hydrogen (secondary N) is 1. The van der Waals surface area contributed by atoms with Crippen LogP contribution >= 0.6 is 15.9 Å². The molecule has 0 spiro atoms. The largest absolute Gasteiger partial charge is 0.496 e. The van der Waals surface area contributed by atoms with E-state index >= 15 is 0 Å². The second-order valence-corrected chi connectivity index (χ2v) is 5.04. The first-order chi connectivity index (χ1) is 9.54. The van der Waals surface area contributed by atoms with Gasteiger partial charge in [0, 0.05) is 10.2 Å². The lowest BCUT2D eigenvalue weighted by molar-refractivity contribution is 0.102. The molecule has 0 bridgehead atoms. The molecule has 5 heteroatoms. The highest BCUT2D eigenvalue weighted by Crippen LogP contribution is 2.26. The minimum atomic E-state index is -0.616. The molecular weight excluding hydrogens is 325 g/mol. The van der Waals surface area contributed by atoms with E-state index in [1.165, 1.54) is 19.2 Å². The first kappa shape index (κ1) is 14.5. The van der Waals surface area contributed by atoms with Gasteiger partial charge in [0.15, 0.2) is 0 Å². The zero-order valence-corrected chi connectivity index (χ0v) is 12.6. The number of rotatable bonds is 3. The number of carbonyl (C=O) groups excluding carboxylic acids is 1. The fraction of sp³-hybridized carbons (Fsp3) is 0.133. The number of halogens is 2. The highest BCUT2D eigenvalue weighted by molar-refractivity contribution is 9.10. The number of methoxy groups -OCH3 is 1. The molecule has 0 saturated heterocycles. The third kappa shape index (κ3) is 2.82. The van der Waals surface area contributed by atoms with Gasteiger partial charge in [0.1, 0.15) is 17.1 Å². The molecule has 0 atom stereocenters. The maximum atomic E-state index is 13.8. The van der Waals surface area contributed by atoms with Crippen molar-refractivity contribution in [1.29, 1.82) is 0 Å². The van der Waals surface area contributed by atoms with Gasteiger partial charge >= 0.3 is 0 Å². The van der Waals surface area contributed by atoms with Crippen LogP contribution in [0.5, 0.6) is 5.75 Å². The van der Waals surface area contributed by atoms with Gasteiger partial charge in [0.25, 0.3) is 5.91 Å². The lowest BCUT2D eigenvalue weighted by atomic mass is 10.1. The van der Waals surface area contributed by atoms with Crippen molar-refractivity contribution in [1.82, 2.24) is 0 Å². The normalized spacial score (nSPS) is 10.2. The lowest BCUT2D eigenvalue weighted by Crippen LogP contribution is -2.15. The molecule has 2 rings (SSSR count). The van der Waals surface area contributed by atoms with E-state index in [0.29, 0.717) is 5.69 Å². The first-order valence-corrected chi connectivity index (χ1v) is 6.73. The van der Waals surface area contributed by atoms with E-state index in [1.807, 2.05) is 13.0 Å². The van der Waals surface area contributed by atoms with Gasteiger partial charge < -0.3 is 10.1 Å². The van der Waals surface area contributed by atoms with Crippen molar-refractivity contribution in [2.45, 2.75) is 6.92 Å². The number of anilines is 1. The number of amides is 1. The van der Waals surface area contributed by atoms with Gasteiger partial charge in [-0.15, -0.1) is 0 Å². The molecule has 1 N–H and O–H groups in total. The molecule has 104 valence electrons. The zero-order valence-electron chi connectivity index (χ0n) is 11.0. The monoisotopic (exact) mass is 337 g/mol. The first-order valence-electron chi connectivity index (χ1n) is 5.93. The van der Waals surface area contributed by atoms with Crippen LogP contribution in [0.1, 0.15) is 15.9 Å². The maximum absolute atomic E-state index is 13.8. The summed E-state index contributed by atoms with van der Waals surface area (Å²) in [7, 11) is 1.40. The van der Waals surface area contributed by atoms with E-state index < -0.39 is 11.7 Å². The standard InChI is InChI=1S/C15H13BrFNO2/c1-9-10(16)5-3-7-12(9)18-15(19)14-11(17)6-4-8-13(14)20-2/h3-8H,1-2H3,(H,18,19). The highest BCUT2D eigenvalue weighted by Gasteiger charge is 2.18. The van der Waals surface area contributed by atoms with Crippen molar-refractivity contribution in [2.24, 2.45) is 0 Å². The topological polar surface area (TPSA) is 38.3 Å². The Morgan fingerprint density at radius 3 is 2.65 bits per heavy atom. The van der Waals surface area contributed by atoms with Crippen molar-refractivity contribution >= 4 is 27.5 Å². The van der Waals surface area contributed by atoms with E-state index in [1.54, 1.807) is 18.2 Å². The van der Waals surface area contributed by atoms with Crippen LogP contribution in [0.3, 0.4) is 0 Å². The van der Waals surface area contributed by atoms with Gasteiger partial charge in [-0.05, 0) is 36.8 Å². The summed E-state index contributed by atoms with van der Waals surface area (Å²) in [6, 6.07) is 9.69. The van der Waals surface area contributed by atoms with Gasteiger partial charge in [-0.3, -0.25) is 4.79 Å². The Bertz CT molecular complexity index is 658. The van der Waals surface area contributed by atoms with Crippen LogP contribution in [0.2, 0.25) is 0 Å². The fourth-order valence-corrected chi connectivity index (χ4v) is 2.19. The summed E-state index contributed by atoms with van der Waals surface area (Å²) in [5.74, 6) is -0.953. The van der Waals surface area contributed by atoms with E-state index in [9.17, 15) is 9.18 Å². The number of hydrogen-bond donors (Lipinski definition) is 1. The molecule has 0 aliphatic carbocycles. The van der Waals surface area contributed by atoms with Crippen LogP contribution in [0.25, 0.3) is 0 Å². The number of benzene rings is 2. The zero-order chi connectivity index (χ0) is 14.7. The van der Waals surface area contributed by atoms with E-state index in [0.717, 1.165) is 10.0 Å². The molecule has 0 unspecified atom stereocenters. The Morgan fingerprint density at radius 2 is 1.95 bits per heavy atom. The quantitative estimate of drug-likeness (QED) is 0.913. The molecule has 1 amide bonds. The van der Waals surface area contributed by atoms with Crippen molar-refractivity contribution in [3.05, 3.63) is 57.8 Å². The molecule has 3 nitrogen and oxygen atoms in total. The van der Waals surface area contributed by atoms with Crippen LogP contribution in [-0.2, 0) is 0 Å². The Morgan fingerprint density at radius 1 is 1.25 bits per heavy atom. The Labute approximate surface area is 124 Å². The summed E-state index contributed by atoms with van der Waals surface area (Å²) in [5, 5.41) is 2.69. The predicted octanol–water partition coefficient (Wildman–Crippen LogP) is 4.16. The van der Waals surface area contributed by atoms with Crippen molar-refractivity contribution in [3.8, 4) is 5.75 Å². The Hall–Kier alpha value is -1.88. The minimum absolute atomic E-state index is 0.102. The van der Waals surface area contributed by atoms with Crippen LogP contribution in [0, 0.1) is 12.7 Å². The molecule has 0 aliphatic rings. The van der Waals surface area contributed by atoms with E-state index in [-0.39, 0.29) is 11.3 Å². The molecule has 0 aliphatic heterocycles. The average molecular weight is 338 g/mol. The minimum Gasteiger partial charge on any atom is -0.496 e. The van der Waals surface area contributed by atoms with Crippen molar-refractivity contribution in [2.75, 3.05) is 12.4 Å². The molecular formula is C15H13BrFNO2. The summed E-state index contributed by atoms with van der Waals surface area (Å²) in [4.78, 5) is 12.2. The van der Waals surface area contributed by atoms with Gasteiger partial charge in [0.05, 0.1) is 7.11 Å². The summed E-state index contributed by atoms with van der Waals surface area (Å²) in [6.07, 6.45) is 0. The molecule has 2 aromatic carbocycles. The lowest BCUT2D eigenvalue weighted by Gasteiger charge is -2.12. The maximum Gasteiger partial charge on any atom is 0.262 e. The summed E-state index contributed by atoms with van der Waals surface area (Å²) in [6.45, 7) is 1.86. The Balaban J connectivity index is 2.36. The fourth-order valence-electron chi connectivity index (χ4n) is 1.82. The van der Waals surface area contributed by atoms with E-state index in [2.05, 4.69) is 21.2 Å². The van der Waals surface area contributed by atoms with Crippen LogP contribution in [0.4, 0.5) is 10.1 Å². The third-order valence-corrected chi connectivity index (χ3v) is 3.80. The average Bonchev–Trinajstić information content (AvgIpc) is 2.43. The molecule has 0 saturated carbocycles. The predicted molar refractivity (Wildman–Crippen MR) is 79.8 cm³/mol. The summed E-state index contributed by atoms with van der Waals surface area (Å²) in [5.41, 5.74) is 1.39. The molecule has 0 aromatic heterocycles. The van der Waals surface area contributed by atoms with E-state index in [4.69, 9.17) is 4.74 Å². The van der Waals surface area contributed by atoms with Gasteiger partial charge in [-0.25, -0.2) is 4.39 Å². The number of hydrogen-bond acceptors (Lipinski definition) is 2. The molecule has 0 fully saturated rings. The van der Waals surface area contributed by atoms with Crippen LogP contribution in [0.15, 0.2) is 40.9 Å². The number of ether oxygens (including phenoxy) is 1. The SMILES string of the molecule is COc1cccc(F)c1C(=O)Nc1cccc(Br)c1C. The van der Waals surface area contributed by atoms with Gasteiger partial charge in [-0.2, -0.15) is 0 Å². The van der Waals surface area contributed by atoms with Gasteiger partial charge in [-0.1, -0.05) is 28.1 Å². The van der Waals surface area contributed by atoms with Crippen LogP contribution in [-0.4, -0.2) is 13.0 Å². The number of carbonyl (C=O) groups is 1. The Kier molecular flexibility index (Phi) is 4.39. The summed E-state index contributed by atoms with van der Waals surface area (Å²) >= 11 is 3.38. The molecule has 20 heavy (non-hydrogen) atoms. The summed E-state index contributed by atoms with van der Waals surface area (Å²) < 4.78 is 19.7. The van der Waals surface area contributed by atoms with Crippen molar-refractivity contribution in [3.63, 3.8) is 0 Å². The molecule has 0 radical (unpaired) electrons. The molecule has 0 heterocycles. The second-order valence-electron chi connectivity index (χ2n) is 4.18. The smallest absolute Gasteiger partial charge is 0.262 e. The second kappa shape index (κ2) is 6.05. The van der Waals surface area contributed by atoms with Crippen LogP contribution < -0.4 is 10.1 Å². The van der Waals surface area contributed by atoms with Gasteiger partial charge in [0.2, 0.25) is 0 Å². The third-order valence-electron chi connectivity index (χ3n) is 2.94.